The molecule has 21 heavy (non-hydrogen) atoms. The molecule has 1 aromatic carbocycles. The third-order valence-corrected chi connectivity index (χ3v) is 4.09. The second kappa shape index (κ2) is 7.07. The number of amides is 1. The summed E-state index contributed by atoms with van der Waals surface area (Å²) in [5, 5.41) is 12.0. The molecule has 4 nitrogen and oxygen atoms in total. The lowest BCUT2D eigenvalue weighted by Crippen LogP contribution is -2.35. The number of halogens is 1. The molecule has 0 radical (unpaired) electrons. The molecule has 1 atom stereocenters. The Kier molecular flexibility index (Phi) is 5.96. The lowest BCUT2D eigenvalue weighted by molar-refractivity contribution is -0.142. The van der Waals surface area contributed by atoms with Gasteiger partial charge in [-0.05, 0) is 36.5 Å². The Morgan fingerprint density at radius 1 is 1.33 bits per heavy atom. The van der Waals surface area contributed by atoms with E-state index in [2.05, 4.69) is 21.2 Å². The summed E-state index contributed by atoms with van der Waals surface area (Å²) in [6, 6.07) is 5.39. The Morgan fingerprint density at radius 2 is 1.95 bits per heavy atom. The van der Waals surface area contributed by atoms with Crippen LogP contribution >= 0.6 is 15.9 Å². The molecule has 0 saturated carbocycles. The van der Waals surface area contributed by atoms with Crippen molar-refractivity contribution in [3.8, 4) is 0 Å². The Labute approximate surface area is 134 Å². The maximum atomic E-state index is 12.2. The molecule has 1 amide bonds. The smallest absolute Gasteiger partial charge is 0.308 e. The lowest BCUT2D eigenvalue weighted by Gasteiger charge is -2.23. The molecule has 1 unspecified atom stereocenters. The molecular formula is C16H22BrNO3. The number of hydrogen-bond acceptors (Lipinski definition) is 2. The number of rotatable bonds is 5. The first kappa shape index (κ1) is 17.7. The highest BCUT2D eigenvalue weighted by Crippen LogP contribution is 2.24. The number of carboxylic acid groups (broad SMARTS) is 1. The zero-order valence-electron chi connectivity index (χ0n) is 12.9. The average Bonchev–Trinajstić information content (AvgIpc) is 2.35. The largest absolute Gasteiger partial charge is 0.481 e. The van der Waals surface area contributed by atoms with E-state index in [-0.39, 0.29) is 17.9 Å². The van der Waals surface area contributed by atoms with Crippen LogP contribution in [0, 0.1) is 18.3 Å². The highest BCUT2D eigenvalue weighted by molar-refractivity contribution is 9.10. The Balaban J connectivity index is 2.74. The van der Waals surface area contributed by atoms with E-state index in [1.165, 1.54) is 0 Å². The van der Waals surface area contributed by atoms with Crippen molar-refractivity contribution in [1.29, 1.82) is 0 Å². The normalized spacial score (nSPS) is 12.8. The van der Waals surface area contributed by atoms with Gasteiger partial charge in [0.25, 0.3) is 5.91 Å². The van der Waals surface area contributed by atoms with Crippen LogP contribution in [0.4, 0.5) is 0 Å². The molecule has 0 aliphatic heterocycles. The zero-order valence-corrected chi connectivity index (χ0v) is 14.5. The van der Waals surface area contributed by atoms with Crippen LogP contribution in [-0.4, -0.2) is 23.5 Å². The number of hydrogen-bond donors (Lipinski definition) is 2. The fraction of sp³-hybridized carbons (Fsp3) is 0.500. The standard InChI is InChI=1S/C16H22BrNO3/c1-10-12(6-5-7-13(10)17)14(19)18-9-11(15(20)21)8-16(2,3)4/h5-7,11H,8-9H2,1-4H3,(H,18,19)(H,20,21). The Bertz CT molecular complexity index is 535. The summed E-state index contributed by atoms with van der Waals surface area (Å²) in [7, 11) is 0. The van der Waals surface area contributed by atoms with Gasteiger partial charge in [-0.2, -0.15) is 0 Å². The molecule has 1 rings (SSSR count). The van der Waals surface area contributed by atoms with Crippen molar-refractivity contribution in [2.75, 3.05) is 6.54 Å². The third kappa shape index (κ3) is 5.50. The molecule has 116 valence electrons. The fourth-order valence-corrected chi connectivity index (χ4v) is 2.52. The van der Waals surface area contributed by atoms with E-state index < -0.39 is 11.9 Å². The molecule has 1 aromatic rings. The predicted molar refractivity (Wildman–Crippen MR) is 86.4 cm³/mol. The first-order chi connectivity index (χ1) is 9.61. The molecule has 0 fully saturated rings. The van der Waals surface area contributed by atoms with Crippen LogP contribution in [0.25, 0.3) is 0 Å². The topological polar surface area (TPSA) is 66.4 Å². The first-order valence-electron chi connectivity index (χ1n) is 6.88. The van der Waals surface area contributed by atoms with Crippen molar-refractivity contribution in [2.24, 2.45) is 11.3 Å². The van der Waals surface area contributed by atoms with Gasteiger partial charge >= 0.3 is 5.97 Å². The molecule has 0 aromatic heterocycles. The molecular weight excluding hydrogens is 334 g/mol. The number of carboxylic acids is 1. The molecule has 0 saturated heterocycles. The van der Waals surface area contributed by atoms with E-state index in [1.54, 1.807) is 12.1 Å². The van der Waals surface area contributed by atoms with Crippen molar-refractivity contribution >= 4 is 27.8 Å². The van der Waals surface area contributed by atoms with Gasteiger partial charge in [0.2, 0.25) is 0 Å². The first-order valence-corrected chi connectivity index (χ1v) is 7.67. The summed E-state index contributed by atoms with van der Waals surface area (Å²) in [6.45, 7) is 7.95. The average molecular weight is 356 g/mol. The summed E-state index contributed by atoms with van der Waals surface area (Å²) in [4.78, 5) is 23.5. The zero-order chi connectivity index (χ0) is 16.2. The second-order valence-electron chi connectivity index (χ2n) is 6.42. The van der Waals surface area contributed by atoms with Gasteiger partial charge in [0.15, 0.2) is 0 Å². The van der Waals surface area contributed by atoms with Crippen molar-refractivity contribution in [3.05, 3.63) is 33.8 Å². The third-order valence-electron chi connectivity index (χ3n) is 3.23. The van der Waals surface area contributed by atoms with E-state index in [9.17, 15) is 14.7 Å². The minimum atomic E-state index is -0.879. The summed E-state index contributed by atoms with van der Waals surface area (Å²) >= 11 is 3.38. The van der Waals surface area contributed by atoms with Gasteiger partial charge in [-0.3, -0.25) is 9.59 Å². The van der Waals surface area contributed by atoms with Crippen molar-refractivity contribution in [3.63, 3.8) is 0 Å². The van der Waals surface area contributed by atoms with E-state index in [4.69, 9.17) is 0 Å². The van der Waals surface area contributed by atoms with Crippen LogP contribution in [0.3, 0.4) is 0 Å². The van der Waals surface area contributed by atoms with Gasteiger partial charge in [0.1, 0.15) is 0 Å². The monoisotopic (exact) mass is 355 g/mol. The van der Waals surface area contributed by atoms with Crippen molar-refractivity contribution in [2.45, 2.75) is 34.1 Å². The summed E-state index contributed by atoms with van der Waals surface area (Å²) in [5.74, 6) is -1.70. The molecule has 0 bridgehead atoms. The maximum absolute atomic E-state index is 12.2. The molecule has 2 N–H and O–H groups in total. The lowest BCUT2D eigenvalue weighted by atomic mass is 9.84. The summed E-state index contributed by atoms with van der Waals surface area (Å²) in [5.41, 5.74) is 1.31. The van der Waals surface area contributed by atoms with E-state index in [0.717, 1.165) is 10.0 Å². The molecule has 0 spiro atoms. The van der Waals surface area contributed by atoms with Crippen LogP contribution in [0.2, 0.25) is 0 Å². The van der Waals surface area contributed by atoms with Gasteiger partial charge in [-0.25, -0.2) is 0 Å². The van der Waals surface area contributed by atoms with Crippen LogP contribution in [0.1, 0.15) is 43.1 Å². The number of carbonyl (C=O) groups excluding carboxylic acids is 1. The van der Waals surface area contributed by atoms with Gasteiger partial charge in [-0.15, -0.1) is 0 Å². The van der Waals surface area contributed by atoms with Crippen molar-refractivity contribution in [1.82, 2.24) is 5.32 Å². The van der Waals surface area contributed by atoms with E-state index in [0.29, 0.717) is 12.0 Å². The Morgan fingerprint density at radius 3 is 2.48 bits per heavy atom. The maximum Gasteiger partial charge on any atom is 0.308 e. The second-order valence-corrected chi connectivity index (χ2v) is 7.28. The number of nitrogens with one attached hydrogen (secondary N) is 1. The van der Waals surface area contributed by atoms with Crippen LogP contribution in [-0.2, 0) is 4.79 Å². The number of carbonyl (C=O) groups is 2. The number of aliphatic carboxylic acids is 1. The fourth-order valence-electron chi connectivity index (χ4n) is 2.15. The van der Waals surface area contributed by atoms with E-state index in [1.807, 2.05) is 33.8 Å². The van der Waals surface area contributed by atoms with Crippen LogP contribution in [0.5, 0.6) is 0 Å². The Hall–Kier alpha value is -1.36. The molecule has 5 heteroatoms. The molecule has 0 aliphatic carbocycles. The minimum absolute atomic E-state index is 0.0977. The van der Waals surface area contributed by atoms with Crippen LogP contribution in [0.15, 0.2) is 22.7 Å². The van der Waals surface area contributed by atoms with Gasteiger partial charge in [0, 0.05) is 16.6 Å². The van der Waals surface area contributed by atoms with E-state index >= 15 is 0 Å². The van der Waals surface area contributed by atoms with Crippen LogP contribution < -0.4 is 5.32 Å². The quantitative estimate of drug-likeness (QED) is 0.847. The van der Waals surface area contributed by atoms with Gasteiger partial charge < -0.3 is 10.4 Å². The predicted octanol–water partition coefficient (Wildman–Crippen LogP) is 3.62. The molecule has 0 aliphatic rings. The highest BCUT2D eigenvalue weighted by atomic mass is 79.9. The van der Waals surface area contributed by atoms with Gasteiger partial charge in [0.05, 0.1) is 5.92 Å². The summed E-state index contributed by atoms with van der Waals surface area (Å²) < 4.78 is 0.861. The van der Waals surface area contributed by atoms with Crippen molar-refractivity contribution < 1.29 is 14.7 Å². The van der Waals surface area contributed by atoms with Gasteiger partial charge in [-0.1, -0.05) is 42.8 Å². The highest BCUT2D eigenvalue weighted by Gasteiger charge is 2.25. The summed E-state index contributed by atoms with van der Waals surface area (Å²) in [6.07, 6.45) is 0.514. The SMILES string of the molecule is Cc1c(Br)cccc1C(=O)NCC(CC(C)(C)C)C(=O)O. The molecule has 0 heterocycles. The number of benzene rings is 1. The minimum Gasteiger partial charge on any atom is -0.481 e.